The third kappa shape index (κ3) is 5.00. The number of carbonyl (C=O) groups excluding carboxylic acids is 1. The molecule has 2 atom stereocenters. The molecule has 0 aromatic carbocycles. The van der Waals surface area contributed by atoms with Crippen LogP contribution in [0.2, 0.25) is 0 Å². The lowest BCUT2D eigenvalue weighted by molar-refractivity contribution is -0.141. The van der Waals surface area contributed by atoms with Crippen LogP contribution in [0.3, 0.4) is 0 Å². The zero-order valence-electron chi connectivity index (χ0n) is 12.9. The molecule has 0 aliphatic carbocycles. The molecule has 0 aromatic heterocycles. The van der Waals surface area contributed by atoms with E-state index in [4.69, 9.17) is 5.11 Å². The van der Waals surface area contributed by atoms with Gasteiger partial charge in [-0.1, -0.05) is 0 Å². The molecule has 6 nitrogen and oxygen atoms in total. The van der Waals surface area contributed by atoms with Crippen LogP contribution >= 0.6 is 0 Å². The van der Waals surface area contributed by atoms with Crippen molar-refractivity contribution in [1.82, 2.24) is 15.1 Å². The summed E-state index contributed by atoms with van der Waals surface area (Å²) in [4.78, 5) is 26.9. The van der Waals surface area contributed by atoms with Gasteiger partial charge in [-0.25, -0.2) is 4.79 Å². The van der Waals surface area contributed by atoms with Crippen molar-refractivity contribution in [2.45, 2.75) is 32.7 Å². The number of hydrogen-bond acceptors (Lipinski definition) is 3. The standard InChI is InChI=1S/C14H27N3O3/c1-10(13(18)19)11(2)15-14(20)17-7-5-12(6-8-17)9-16(3)4/h10-12H,5-9H2,1-4H3,(H,15,20)(H,18,19). The van der Waals surface area contributed by atoms with Crippen LogP contribution < -0.4 is 5.32 Å². The molecule has 1 aliphatic rings. The molecular formula is C14H27N3O3. The second-order valence-corrected chi connectivity index (χ2v) is 6.06. The first-order valence-electron chi connectivity index (χ1n) is 7.24. The number of piperidine rings is 1. The maximum Gasteiger partial charge on any atom is 0.317 e. The van der Waals surface area contributed by atoms with Gasteiger partial charge in [-0.05, 0) is 46.7 Å². The summed E-state index contributed by atoms with van der Waals surface area (Å²) in [5, 5.41) is 11.7. The molecule has 1 rings (SSSR count). The van der Waals surface area contributed by atoms with E-state index in [9.17, 15) is 9.59 Å². The predicted octanol–water partition coefficient (Wildman–Crippen LogP) is 1.08. The normalized spacial score (nSPS) is 19.8. The fourth-order valence-electron chi connectivity index (χ4n) is 2.46. The van der Waals surface area contributed by atoms with Crippen LogP contribution in [0.1, 0.15) is 26.7 Å². The van der Waals surface area contributed by atoms with Crippen molar-refractivity contribution in [2.24, 2.45) is 11.8 Å². The Morgan fingerprint density at radius 2 is 1.85 bits per heavy atom. The van der Waals surface area contributed by atoms with E-state index in [1.165, 1.54) is 0 Å². The van der Waals surface area contributed by atoms with E-state index >= 15 is 0 Å². The number of carbonyl (C=O) groups is 2. The smallest absolute Gasteiger partial charge is 0.317 e. The van der Waals surface area contributed by atoms with Crippen LogP contribution in [0.5, 0.6) is 0 Å². The lowest BCUT2D eigenvalue weighted by Gasteiger charge is -2.34. The summed E-state index contributed by atoms with van der Waals surface area (Å²) in [6, 6.07) is -0.506. The van der Waals surface area contributed by atoms with Crippen LogP contribution in [-0.2, 0) is 4.79 Å². The Morgan fingerprint density at radius 3 is 2.30 bits per heavy atom. The highest BCUT2D eigenvalue weighted by Crippen LogP contribution is 2.18. The fraction of sp³-hybridized carbons (Fsp3) is 0.857. The average molecular weight is 285 g/mol. The van der Waals surface area contributed by atoms with E-state index in [-0.39, 0.29) is 12.1 Å². The zero-order valence-corrected chi connectivity index (χ0v) is 12.9. The molecule has 1 fully saturated rings. The first-order valence-corrected chi connectivity index (χ1v) is 7.24. The predicted molar refractivity (Wildman–Crippen MR) is 77.6 cm³/mol. The average Bonchev–Trinajstić information content (AvgIpc) is 2.37. The highest BCUT2D eigenvalue weighted by molar-refractivity contribution is 5.76. The van der Waals surface area contributed by atoms with Gasteiger partial charge in [-0.3, -0.25) is 4.79 Å². The summed E-state index contributed by atoms with van der Waals surface area (Å²) in [6.07, 6.45) is 2.02. The number of amides is 2. The van der Waals surface area contributed by atoms with E-state index < -0.39 is 11.9 Å². The first-order chi connectivity index (χ1) is 9.31. The highest BCUT2D eigenvalue weighted by atomic mass is 16.4. The second-order valence-electron chi connectivity index (χ2n) is 6.06. The van der Waals surface area contributed by atoms with E-state index in [1.54, 1.807) is 18.7 Å². The maximum atomic E-state index is 12.1. The molecule has 6 heteroatoms. The summed E-state index contributed by atoms with van der Waals surface area (Å²) in [5.74, 6) is -0.822. The molecule has 0 aromatic rings. The number of aliphatic carboxylic acids is 1. The number of likely N-dealkylation sites (tertiary alicyclic amines) is 1. The molecule has 1 saturated heterocycles. The van der Waals surface area contributed by atoms with Gasteiger partial charge in [-0.15, -0.1) is 0 Å². The van der Waals surface area contributed by atoms with Crippen molar-refractivity contribution < 1.29 is 14.7 Å². The van der Waals surface area contributed by atoms with Gasteiger partial charge < -0.3 is 20.2 Å². The Kier molecular flexibility index (Phi) is 6.26. The Bertz CT molecular complexity index is 339. The molecule has 0 radical (unpaired) electrons. The number of urea groups is 1. The zero-order chi connectivity index (χ0) is 15.3. The molecule has 116 valence electrons. The molecule has 2 unspecified atom stereocenters. The van der Waals surface area contributed by atoms with Gasteiger partial charge in [-0.2, -0.15) is 0 Å². The minimum absolute atomic E-state index is 0.145. The van der Waals surface area contributed by atoms with E-state index in [0.717, 1.165) is 32.5 Å². The van der Waals surface area contributed by atoms with Gasteiger partial charge in [0.05, 0.1) is 5.92 Å². The van der Waals surface area contributed by atoms with E-state index in [1.807, 2.05) is 0 Å². The number of carboxylic acid groups (broad SMARTS) is 1. The molecule has 1 heterocycles. The van der Waals surface area contributed by atoms with Crippen LogP contribution in [0.25, 0.3) is 0 Å². The van der Waals surface area contributed by atoms with Crippen molar-refractivity contribution in [3.8, 4) is 0 Å². The molecule has 2 N–H and O–H groups in total. The van der Waals surface area contributed by atoms with Crippen LogP contribution in [0.4, 0.5) is 4.79 Å². The number of nitrogens with zero attached hydrogens (tertiary/aromatic N) is 2. The van der Waals surface area contributed by atoms with Gasteiger partial charge in [0.2, 0.25) is 0 Å². The fourth-order valence-corrected chi connectivity index (χ4v) is 2.46. The quantitative estimate of drug-likeness (QED) is 0.793. The van der Waals surface area contributed by atoms with Crippen molar-refractivity contribution in [3.63, 3.8) is 0 Å². The molecule has 20 heavy (non-hydrogen) atoms. The Hall–Kier alpha value is -1.30. The topological polar surface area (TPSA) is 72.9 Å². The van der Waals surface area contributed by atoms with Crippen LogP contribution in [0, 0.1) is 11.8 Å². The molecule has 0 bridgehead atoms. The minimum atomic E-state index is -0.887. The molecule has 0 saturated carbocycles. The molecular weight excluding hydrogens is 258 g/mol. The van der Waals surface area contributed by atoms with Crippen molar-refractivity contribution >= 4 is 12.0 Å². The lowest BCUT2D eigenvalue weighted by atomic mass is 9.96. The van der Waals surface area contributed by atoms with Gasteiger partial charge in [0, 0.05) is 25.7 Å². The molecule has 1 aliphatic heterocycles. The van der Waals surface area contributed by atoms with Gasteiger partial charge in [0.25, 0.3) is 0 Å². The minimum Gasteiger partial charge on any atom is -0.481 e. The highest BCUT2D eigenvalue weighted by Gasteiger charge is 2.26. The second kappa shape index (κ2) is 7.47. The molecule has 2 amide bonds. The number of rotatable bonds is 5. The maximum absolute atomic E-state index is 12.1. The number of nitrogens with one attached hydrogen (secondary N) is 1. The summed E-state index contributed by atoms with van der Waals surface area (Å²) in [5.41, 5.74) is 0. The van der Waals surface area contributed by atoms with E-state index in [0.29, 0.717) is 5.92 Å². The van der Waals surface area contributed by atoms with Crippen molar-refractivity contribution in [2.75, 3.05) is 33.7 Å². The van der Waals surface area contributed by atoms with Crippen LogP contribution in [0.15, 0.2) is 0 Å². The summed E-state index contributed by atoms with van der Waals surface area (Å²) < 4.78 is 0. The van der Waals surface area contributed by atoms with Gasteiger partial charge in [0.15, 0.2) is 0 Å². The van der Waals surface area contributed by atoms with E-state index in [2.05, 4.69) is 24.3 Å². The Balaban J connectivity index is 2.37. The summed E-state index contributed by atoms with van der Waals surface area (Å²) >= 11 is 0. The molecule has 0 spiro atoms. The monoisotopic (exact) mass is 285 g/mol. The van der Waals surface area contributed by atoms with Crippen LogP contribution in [-0.4, -0.2) is 66.7 Å². The van der Waals surface area contributed by atoms with Gasteiger partial charge >= 0.3 is 12.0 Å². The summed E-state index contributed by atoms with van der Waals surface area (Å²) in [7, 11) is 4.13. The third-order valence-corrected chi connectivity index (χ3v) is 4.02. The Morgan fingerprint density at radius 1 is 1.30 bits per heavy atom. The SMILES string of the molecule is CC(NC(=O)N1CCC(CN(C)C)CC1)C(C)C(=O)O. The van der Waals surface area contributed by atoms with Crippen molar-refractivity contribution in [3.05, 3.63) is 0 Å². The third-order valence-electron chi connectivity index (χ3n) is 4.02. The number of hydrogen-bond donors (Lipinski definition) is 2. The number of carboxylic acids is 1. The van der Waals surface area contributed by atoms with Gasteiger partial charge in [0.1, 0.15) is 0 Å². The Labute approximate surface area is 121 Å². The lowest BCUT2D eigenvalue weighted by Crippen LogP contribution is -2.50. The summed E-state index contributed by atoms with van der Waals surface area (Å²) in [6.45, 7) is 5.89. The first kappa shape index (κ1) is 16.8. The largest absolute Gasteiger partial charge is 0.481 e. The van der Waals surface area contributed by atoms with Crippen molar-refractivity contribution in [1.29, 1.82) is 0 Å².